The Labute approximate surface area is 152 Å². The molecule has 0 atom stereocenters. The van der Waals surface area contributed by atoms with E-state index in [1.165, 1.54) is 34.9 Å². The maximum absolute atomic E-state index is 11.9. The molecule has 0 aliphatic carbocycles. The number of rotatable bonds is 8. The van der Waals surface area contributed by atoms with Crippen molar-refractivity contribution in [2.24, 2.45) is 0 Å². The van der Waals surface area contributed by atoms with Crippen LogP contribution in [0.2, 0.25) is 0 Å². The van der Waals surface area contributed by atoms with Crippen LogP contribution < -0.4 is 10.6 Å². The Balaban J connectivity index is 1.91. The molecule has 1 aromatic carbocycles. The minimum Gasteiger partial charge on any atom is -0.451 e. The van der Waals surface area contributed by atoms with Crippen molar-refractivity contribution in [3.05, 3.63) is 57.6 Å². The third-order valence-corrected chi connectivity index (χ3v) is 3.95. The second-order valence-corrected chi connectivity index (χ2v) is 5.95. The molecule has 0 aliphatic heterocycles. The van der Waals surface area contributed by atoms with Gasteiger partial charge >= 0.3 is 5.97 Å². The first-order chi connectivity index (χ1) is 12.4. The van der Waals surface area contributed by atoms with Gasteiger partial charge < -0.3 is 15.4 Å². The number of ether oxygens (including phenoxy) is 1. The van der Waals surface area contributed by atoms with E-state index < -0.39 is 23.4 Å². The Bertz CT molecular complexity index is 849. The fraction of sp³-hybridized carbons (Fsp3) is 0.188. The molecule has 1 heterocycles. The number of nitrogens with zero attached hydrogens (tertiary/aromatic N) is 2. The number of hydrogen-bond acceptors (Lipinski definition) is 8. The normalized spacial score (nSPS) is 10.0. The predicted octanol–water partition coefficient (Wildman–Crippen LogP) is 2.75. The van der Waals surface area contributed by atoms with Gasteiger partial charge in [0.15, 0.2) is 17.4 Å². The molecular weight excluding hydrogens is 360 g/mol. The zero-order chi connectivity index (χ0) is 19.1. The summed E-state index contributed by atoms with van der Waals surface area (Å²) in [5.41, 5.74) is 0.864. The molecule has 9 nitrogen and oxygen atoms in total. The Morgan fingerprint density at radius 1 is 1.46 bits per heavy atom. The van der Waals surface area contributed by atoms with Gasteiger partial charge in [-0.15, -0.1) is 17.9 Å². The van der Waals surface area contributed by atoms with Crippen LogP contribution in [0, 0.1) is 17.0 Å². The number of aromatic nitrogens is 1. The molecule has 10 heteroatoms. The van der Waals surface area contributed by atoms with Crippen LogP contribution in [0.3, 0.4) is 0 Å². The fourth-order valence-corrected chi connectivity index (χ4v) is 2.55. The summed E-state index contributed by atoms with van der Waals surface area (Å²) in [6, 6.07) is 4.10. The van der Waals surface area contributed by atoms with E-state index >= 15 is 0 Å². The van der Waals surface area contributed by atoms with Crippen LogP contribution in [-0.4, -0.2) is 34.9 Å². The molecule has 2 rings (SSSR count). The van der Waals surface area contributed by atoms with Gasteiger partial charge in [0.2, 0.25) is 0 Å². The van der Waals surface area contributed by atoms with Crippen molar-refractivity contribution in [3.8, 4) is 0 Å². The molecule has 0 bridgehead atoms. The number of nitrogens with one attached hydrogen (secondary N) is 2. The molecule has 0 radical (unpaired) electrons. The molecule has 0 aliphatic rings. The first-order valence-electron chi connectivity index (χ1n) is 7.43. The summed E-state index contributed by atoms with van der Waals surface area (Å²) in [6.45, 7) is 5.23. The number of esters is 1. The summed E-state index contributed by atoms with van der Waals surface area (Å²) in [5.74, 6) is -1.35. The molecule has 2 N–H and O–H groups in total. The monoisotopic (exact) mass is 376 g/mol. The topological polar surface area (TPSA) is 123 Å². The molecular formula is C16H16N4O5S. The maximum Gasteiger partial charge on any atom is 0.358 e. The van der Waals surface area contributed by atoms with Crippen molar-refractivity contribution in [1.29, 1.82) is 0 Å². The molecule has 0 saturated heterocycles. The first kappa shape index (κ1) is 19.1. The van der Waals surface area contributed by atoms with Crippen LogP contribution in [-0.2, 0) is 9.53 Å². The molecule has 1 amide bonds. The zero-order valence-corrected chi connectivity index (χ0v) is 14.7. The van der Waals surface area contributed by atoms with Crippen molar-refractivity contribution < 1.29 is 19.2 Å². The lowest BCUT2D eigenvalue weighted by atomic mass is 10.2. The molecule has 2 aromatic rings. The number of carbonyl (C=O) groups excluding carboxylic acids is 2. The molecule has 1 aromatic heterocycles. The van der Waals surface area contributed by atoms with Crippen LogP contribution in [0.4, 0.5) is 16.5 Å². The standard InChI is InChI=1S/C16H16N4O5S/c1-3-6-17-16-19-13(9-26-16)15(22)25-8-14(21)18-12-7-11(20(23)24)5-4-10(12)2/h3-5,7,9H,1,6,8H2,2H3,(H,17,19)(H,18,21). The lowest BCUT2D eigenvalue weighted by molar-refractivity contribution is -0.384. The highest BCUT2D eigenvalue weighted by Gasteiger charge is 2.15. The highest BCUT2D eigenvalue weighted by molar-refractivity contribution is 7.13. The highest BCUT2D eigenvalue weighted by Crippen LogP contribution is 2.21. The van der Waals surface area contributed by atoms with Gasteiger partial charge in [-0.1, -0.05) is 12.1 Å². The van der Waals surface area contributed by atoms with E-state index in [0.29, 0.717) is 17.2 Å². The Kier molecular flexibility index (Phi) is 6.39. The van der Waals surface area contributed by atoms with Gasteiger partial charge in [-0.3, -0.25) is 14.9 Å². The van der Waals surface area contributed by atoms with E-state index in [4.69, 9.17) is 4.74 Å². The fourth-order valence-electron chi connectivity index (χ4n) is 1.86. The van der Waals surface area contributed by atoms with Gasteiger partial charge in [0.05, 0.1) is 10.6 Å². The van der Waals surface area contributed by atoms with Gasteiger partial charge in [-0.05, 0) is 12.5 Å². The summed E-state index contributed by atoms with van der Waals surface area (Å²) in [5, 5.41) is 18.3. The van der Waals surface area contributed by atoms with Gasteiger partial charge in [0.25, 0.3) is 11.6 Å². The molecule has 136 valence electrons. The number of amides is 1. The Morgan fingerprint density at radius 2 is 2.23 bits per heavy atom. The van der Waals surface area contributed by atoms with E-state index in [-0.39, 0.29) is 17.1 Å². The number of nitro groups is 1. The number of thiazole rings is 1. The van der Waals surface area contributed by atoms with Gasteiger partial charge in [-0.25, -0.2) is 9.78 Å². The molecule has 0 fully saturated rings. The van der Waals surface area contributed by atoms with E-state index in [1.54, 1.807) is 13.0 Å². The van der Waals surface area contributed by atoms with Crippen LogP contribution in [0.5, 0.6) is 0 Å². The van der Waals surface area contributed by atoms with E-state index in [9.17, 15) is 19.7 Å². The average molecular weight is 376 g/mol. The second-order valence-electron chi connectivity index (χ2n) is 5.09. The Morgan fingerprint density at radius 3 is 2.92 bits per heavy atom. The number of anilines is 2. The number of benzene rings is 1. The van der Waals surface area contributed by atoms with E-state index in [0.717, 1.165) is 0 Å². The zero-order valence-electron chi connectivity index (χ0n) is 13.9. The number of non-ortho nitro benzene ring substituents is 1. The van der Waals surface area contributed by atoms with Gasteiger partial charge in [0, 0.05) is 24.1 Å². The minimum atomic E-state index is -0.737. The van der Waals surface area contributed by atoms with Crippen LogP contribution in [0.1, 0.15) is 16.1 Å². The third kappa shape index (κ3) is 5.11. The third-order valence-electron chi connectivity index (χ3n) is 3.15. The molecule has 0 unspecified atom stereocenters. The largest absolute Gasteiger partial charge is 0.451 e. The van der Waals surface area contributed by atoms with E-state index in [2.05, 4.69) is 22.2 Å². The van der Waals surface area contributed by atoms with E-state index in [1.807, 2.05) is 0 Å². The lowest BCUT2D eigenvalue weighted by Gasteiger charge is -2.08. The minimum absolute atomic E-state index is 0.0842. The number of carbonyl (C=O) groups is 2. The molecule has 0 spiro atoms. The number of hydrogen-bond donors (Lipinski definition) is 2. The average Bonchev–Trinajstić information content (AvgIpc) is 3.08. The molecule has 0 saturated carbocycles. The van der Waals surface area contributed by atoms with Crippen molar-refractivity contribution in [2.45, 2.75) is 6.92 Å². The van der Waals surface area contributed by atoms with Crippen LogP contribution in [0.25, 0.3) is 0 Å². The summed E-state index contributed by atoms with van der Waals surface area (Å²) in [7, 11) is 0. The van der Waals surface area contributed by atoms with Crippen molar-refractivity contribution in [1.82, 2.24) is 4.98 Å². The number of nitro benzene ring substituents is 1. The number of aryl methyl sites for hydroxylation is 1. The SMILES string of the molecule is C=CCNc1nc(C(=O)OCC(=O)Nc2cc([N+](=O)[O-])ccc2C)cs1. The summed E-state index contributed by atoms with van der Waals surface area (Å²) in [4.78, 5) is 38.1. The predicted molar refractivity (Wildman–Crippen MR) is 97.5 cm³/mol. The first-order valence-corrected chi connectivity index (χ1v) is 8.31. The van der Waals surface area contributed by atoms with Crippen molar-refractivity contribution in [2.75, 3.05) is 23.8 Å². The Hall–Kier alpha value is -3.27. The summed E-state index contributed by atoms with van der Waals surface area (Å²) >= 11 is 1.23. The van der Waals surface area contributed by atoms with Gasteiger partial charge in [0.1, 0.15) is 0 Å². The summed E-state index contributed by atoms with van der Waals surface area (Å²) < 4.78 is 4.91. The van der Waals surface area contributed by atoms with Crippen LogP contribution in [0.15, 0.2) is 36.2 Å². The maximum atomic E-state index is 11.9. The van der Waals surface area contributed by atoms with Crippen molar-refractivity contribution >= 4 is 39.7 Å². The summed E-state index contributed by atoms with van der Waals surface area (Å²) in [6.07, 6.45) is 1.65. The van der Waals surface area contributed by atoms with Crippen molar-refractivity contribution in [3.63, 3.8) is 0 Å². The molecule has 26 heavy (non-hydrogen) atoms. The smallest absolute Gasteiger partial charge is 0.358 e. The lowest BCUT2D eigenvalue weighted by Crippen LogP contribution is -2.21. The quantitative estimate of drug-likeness (QED) is 0.314. The second kappa shape index (κ2) is 8.72. The highest BCUT2D eigenvalue weighted by atomic mass is 32.1. The van der Waals surface area contributed by atoms with Crippen LogP contribution >= 0.6 is 11.3 Å². The van der Waals surface area contributed by atoms with Gasteiger partial charge in [-0.2, -0.15) is 0 Å².